The lowest BCUT2D eigenvalue weighted by atomic mass is 9.96. The van der Waals surface area contributed by atoms with Crippen molar-refractivity contribution in [3.8, 4) is 5.75 Å². The zero-order valence-corrected chi connectivity index (χ0v) is 23.0. The van der Waals surface area contributed by atoms with E-state index in [4.69, 9.17) is 21.1 Å². The van der Waals surface area contributed by atoms with E-state index in [1.54, 1.807) is 69.3 Å². The van der Waals surface area contributed by atoms with Crippen LogP contribution in [0.15, 0.2) is 68.0 Å². The van der Waals surface area contributed by atoms with Crippen molar-refractivity contribution in [1.29, 1.82) is 0 Å². The van der Waals surface area contributed by atoms with Gasteiger partial charge in [0.15, 0.2) is 4.80 Å². The summed E-state index contributed by atoms with van der Waals surface area (Å²) in [5.74, 6) is -0.687. The van der Waals surface area contributed by atoms with Crippen LogP contribution in [0.5, 0.6) is 5.75 Å². The van der Waals surface area contributed by atoms with Gasteiger partial charge in [-0.05, 0) is 62.7 Å². The van der Waals surface area contributed by atoms with Crippen LogP contribution < -0.4 is 19.6 Å². The highest BCUT2D eigenvalue weighted by molar-refractivity contribution is 9.10. The number of rotatable bonds is 5. The van der Waals surface area contributed by atoms with Crippen molar-refractivity contribution < 1.29 is 19.1 Å². The van der Waals surface area contributed by atoms with Crippen molar-refractivity contribution in [2.24, 2.45) is 4.99 Å². The molecule has 186 valence electrons. The second kappa shape index (κ2) is 10.5. The van der Waals surface area contributed by atoms with Crippen molar-refractivity contribution in [3.05, 3.63) is 94.0 Å². The number of halogens is 2. The van der Waals surface area contributed by atoms with E-state index < -0.39 is 18.0 Å². The second-order valence-electron chi connectivity index (χ2n) is 8.36. The molecule has 10 heteroatoms. The molecule has 0 fully saturated rings. The van der Waals surface area contributed by atoms with Crippen LogP contribution in [0.4, 0.5) is 0 Å². The fourth-order valence-electron chi connectivity index (χ4n) is 3.84. The van der Waals surface area contributed by atoms with E-state index in [1.807, 2.05) is 0 Å². The summed E-state index contributed by atoms with van der Waals surface area (Å²) in [7, 11) is 0. The fourth-order valence-corrected chi connectivity index (χ4v) is 5.38. The molecule has 36 heavy (non-hydrogen) atoms. The highest BCUT2D eigenvalue weighted by atomic mass is 79.9. The molecule has 7 nitrogen and oxygen atoms in total. The summed E-state index contributed by atoms with van der Waals surface area (Å²) in [6.45, 7) is 6.56. The second-order valence-corrected chi connectivity index (χ2v) is 10.7. The smallest absolute Gasteiger partial charge is 0.338 e. The molecule has 0 amide bonds. The van der Waals surface area contributed by atoms with Gasteiger partial charge in [-0.1, -0.05) is 51.0 Å². The number of carbonyl (C=O) groups is 2. The Labute approximate surface area is 224 Å². The van der Waals surface area contributed by atoms with Gasteiger partial charge in [-0.15, -0.1) is 0 Å². The Hall–Kier alpha value is -3.01. The molecule has 1 aromatic heterocycles. The third kappa shape index (κ3) is 5.38. The van der Waals surface area contributed by atoms with Gasteiger partial charge in [0.1, 0.15) is 5.75 Å². The Bertz CT molecular complexity index is 1570. The van der Waals surface area contributed by atoms with E-state index in [1.165, 1.54) is 22.8 Å². The third-order valence-electron chi connectivity index (χ3n) is 5.28. The third-order valence-corrected chi connectivity index (χ3v) is 7.01. The van der Waals surface area contributed by atoms with Crippen LogP contribution in [0, 0.1) is 0 Å². The normalized spacial score (nSPS) is 15.5. The highest BCUT2D eigenvalue weighted by Gasteiger charge is 2.33. The number of allylic oxidation sites excluding steroid dienone is 1. The molecule has 0 N–H and O–H groups in total. The van der Waals surface area contributed by atoms with Crippen molar-refractivity contribution in [2.45, 2.75) is 39.8 Å². The van der Waals surface area contributed by atoms with Crippen LogP contribution in [-0.2, 0) is 14.3 Å². The number of benzene rings is 2. The first kappa shape index (κ1) is 26.1. The average Bonchev–Trinajstić information content (AvgIpc) is 3.09. The van der Waals surface area contributed by atoms with Gasteiger partial charge in [0.25, 0.3) is 5.56 Å². The topological polar surface area (TPSA) is 87.0 Å². The number of aromatic nitrogens is 1. The lowest BCUT2D eigenvalue weighted by Crippen LogP contribution is -2.40. The molecule has 0 saturated carbocycles. The average molecular weight is 590 g/mol. The van der Waals surface area contributed by atoms with Crippen molar-refractivity contribution in [3.63, 3.8) is 0 Å². The van der Waals surface area contributed by atoms with Gasteiger partial charge in [-0.3, -0.25) is 14.2 Å². The summed E-state index contributed by atoms with van der Waals surface area (Å²) in [5, 5.41) is 0.533. The Morgan fingerprint density at radius 3 is 2.53 bits per heavy atom. The standard InChI is InChI=1S/C26H22BrClN2O5S/c1-13(2)34-25(33)22-14(3)29-26-30(23(22)16-5-8-19(28)9-6-16)24(32)21(36-26)12-17-11-18(27)7-10-20(17)35-15(4)31/h5-13,23H,1-4H3/b21-12+/t23-/m1/s1. The molecule has 0 aliphatic carbocycles. The zero-order chi connectivity index (χ0) is 26.1. The van der Waals surface area contributed by atoms with E-state index in [0.29, 0.717) is 36.9 Å². The molecule has 1 aliphatic heterocycles. The SMILES string of the molecule is CC(=O)Oc1ccc(Br)cc1/C=c1/sc2n(c1=O)[C@H](c1ccc(Cl)cc1)C(C(=O)OC(C)C)=C(C)N=2. The van der Waals surface area contributed by atoms with E-state index >= 15 is 0 Å². The first-order chi connectivity index (χ1) is 17.0. The van der Waals surface area contributed by atoms with E-state index in [9.17, 15) is 14.4 Å². The molecule has 3 aromatic rings. The zero-order valence-electron chi connectivity index (χ0n) is 19.9. The largest absolute Gasteiger partial charge is 0.459 e. The minimum Gasteiger partial charge on any atom is -0.459 e. The predicted molar refractivity (Wildman–Crippen MR) is 142 cm³/mol. The van der Waals surface area contributed by atoms with Gasteiger partial charge < -0.3 is 9.47 Å². The van der Waals surface area contributed by atoms with Gasteiger partial charge in [0.05, 0.1) is 27.9 Å². The molecule has 2 aromatic carbocycles. The summed E-state index contributed by atoms with van der Waals surface area (Å²) in [4.78, 5) is 43.5. The molecule has 4 rings (SSSR count). The molecular formula is C26H22BrClN2O5S. The maximum atomic E-state index is 13.7. The van der Waals surface area contributed by atoms with Gasteiger partial charge in [-0.2, -0.15) is 0 Å². The minimum absolute atomic E-state index is 0.285. The molecule has 0 spiro atoms. The van der Waals surface area contributed by atoms with Crippen LogP contribution in [0.1, 0.15) is 44.9 Å². The maximum absolute atomic E-state index is 13.7. The molecule has 1 atom stereocenters. The van der Waals surface area contributed by atoms with Crippen molar-refractivity contribution in [1.82, 2.24) is 4.57 Å². The van der Waals surface area contributed by atoms with Crippen molar-refractivity contribution >= 4 is 56.9 Å². The number of carbonyl (C=O) groups excluding carboxylic acids is 2. The molecule has 1 aliphatic rings. The Kier molecular flexibility index (Phi) is 7.63. The lowest BCUT2D eigenvalue weighted by Gasteiger charge is -2.25. The summed E-state index contributed by atoms with van der Waals surface area (Å²) in [5.41, 5.74) is 1.66. The number of esters is 2. The van der Waals surface area contributed by atoms with Gasteiger partial charge >= 0.3 is 11.9 Å². The molecule has 0 saturated heterocycles. The van der Waals surface area contributed by atoms with E-state index in [2.05, 4.69) is 20.9 Å². The first-order valence-corrected chi connectivity index (χ1v) is 13.0. The predicted octanol–water partition coefficient (Wildman–Crippen LogP) is 4.53. The first-order valence-electron chi connectivity index (χ1n) is 11.0. The number of thiazole rings is 1. The Morgan fingerprint density at radius 1 is 1.19 bits per heavy atom. The summed E-state index contributed by atoms with van der Waals surface area (Å²) in [6, 6.07) is 11.4. The number of fused-ring (bicyclic) bond motifs is 1. The lowest BCUT2D eigenvalue weighted by molar-refractivity contribution is -0.143. The monoisotopic (exact) mass is 588 g/mol. The van der Waals surface area contributed by atoms with Crippen LogP contribution in [0.25, 0.3) is 6.08 Å². The fraction of sp³-hybridized carbons (Fsp3) is 0.231. The van der Waals surface area contributed by atoms with Crippen LogP contribution in [0.3, 0.4) is 0 Å². The number of ether oxygens (including phenoxy) is 2. The number of hydrogen-bond acceptors (Lipinski definition) is 7. The minimum atomic E-state index is -0.748. The van der Waals surface area contributed by atoms with Crippen molar-refractivity contribution in [2.75, 3.05) is 0 Å². The van der Waals surface area contributed by atoms with E-state index in [-0.39, 0.29) is 17.2 Å². The van der Waals surface area contributed by atoms with Gasteiger partial charge in [0.2, 0.25) is 0 Å². The number of hydrogen-bond donors (Lipinski definition) is 0. The van der Waals surface area contributed by atoms with Crippen LogP contribution in [-0.4, -0.2) is 22.6 Å². The molecular weight excluding hydrogens is 568 g/mol. The molecule has 0 unspecified atom stereocenters. The quantitative estimate of drug-likeness (QED) is 0.323. The number of nitrogens with zero attached hydrogens (tertiary/aromatic N) is 2. The van der Waals surface area contributed by atoms with Gasteiger partial charge in [0, 0.05) is 22.0 Å². The molecule has 2 heterocycles. The maximum Gasteiger partial charge on any atom is 0.338 e. The molecule has 0 bridgehead atoms. The summed E-state index contributed by atoms with van der Waals surface area (Å²) >= 11 is 10.7. The highest BCUT2D eigenvalue weighted by Crippen LogP contribution is 2.31. The van der Waals surface area contributed by atoms with Gasteiger partial charge in [-0.25, -0.2) is 9.79 Å². The molecule has 0 radical (unpaired) electrons. The Balaban J connectivity index is 1.95. The Morgan fingerprint density at radius 2 is 1.89 bits per heavy atom. The summed E-state index contributed by atoms with van der Waals surface area (Å²) < 4.78 is 13.4. The van der Waals surface area contributed by atoms with E-state index in [0.717, 1.165) is 4.47 Å². The van der Waals surface area contributed by atoms with Crippen LogP contribution >= 0.6 is 38.9 Å². The van der Waals surface area contributed by atoms with Crippen LogP contribution in [0.2, 0.25) is 5.02 Å². The summed E-state index contributed by atoms with van der Waals surface area (Å²) in [6.07, 6.45) is 1.31.